The van der Waals surface area contributed by atoms with Crippen molar-refractivity contribution in [3.63, 3.8) is 0 Å². The van der Waals surface area contributed by atoms with Crippen molar-refractivity contribution in [3.05, 3.63) is 59.9 Å². The summed E-state index contributed by atoms with van der Waals surface area (Å²) in [7, 11) is 0. The maximum absolute atomic E-state index is 13.6. The van der Waals surface area contributed by atoms with Crippen LogP contribution in [-0.2, 0) is 4.79 Å². The number of piperazine rings is 1. The Morgan fingerprint density at radius 2 is 1.77 bits per heavy atom. The maximum atomic E-state index is 13.6. The molecule has 1 aliphatic heterocycles. The van der Waals surface area contributed by atoms with Crippen LogP contribution in [0.4, 0.5) is 10.1 Å². The second-order valence-corrected chi connectivity index (χ2v) is 5.86. The molecule has 136 valence electrons. The van der Waals surface area contributed by atoms with E-state index in [0.717, 1.165) is 13.1 Å². The van der Waals surface area contributed by atoms with Crippen molar-refractivity contribution < 1.29 is 18.7 Å². The summed E-state index contributed by atoms with van der Waals surface area (Å²) < 4.78 is 19.1. The fraction of sp³-hybridized carbons (Fsp3) is 0.263. The molecule has 0 aliphatic carbocycles. The van der Waals surface area contributed by atoms with E-state index in [9.17, 15) is 14.0 Å². The van der Waals surface area contributed by atoms with Crippen molar-refractivity contribution in [2.24, 2.45) is 0 Å². The van der Waals surface area contributed by atoms with Crippen LogP contribution in [0.15, 0.2) is 48.5 Å². The van der Waals surface area contributed by atoms with Gasteiger partial charge in [-0.1, -0.05) is 24.3 Å². The molecule has 0 unspecified atom stereocenters. The minimum atomic E-state index is -0.518. The smallest absolute Gasteiger partial charge is 0.262 e. The molecule has 26 heavy (non-hydrogen) atoms. The van der Waals surface area contributed by atoms with Crippen molar-refractivity contribution >= 4 is 17.5 Å². The van der Waals surface area contributed by atoms with E-state index < -0.39 is 11.7 Å². The first-order valence-corrected chi connectivity index (χ1v) is 8.41. The molecule has 6 nitrogen and oxygen atoms in total. The Balaban J connectivity index is 1.64. The number of benzene rings is 2. The third-order valence-corrected chi connectivity index (χ3v) is 4.03. The number of para-hydroxylation sites is 2. The summed E-state index contributed by atoms with van der Waals surface area (Å²) in [6.45, 7) is 2.43. The molecule has 0 saturated carbocycles. The van der Waals surface area contributed by atoms with Crippen LogP contribution in [0.5, 0.6) is 5.75 Å². The Labute approximate surface area is 150 Å². The van der Waals surface area contributed by atoms with E-state index in [1.54, 1.807) is 41.3 Å². The molecule has 2 aromatic carbocycles. The first-order chi connectivity index (χ1) is 12.6. The summed E-state index contributed by atoms with van der Waals surface area (Å²) in [5, 5.41) is 5.64. The Morgan fingerprint density at radius 3 is 2.54 bits per heavy atom. The van der Waals surface area contributed by atoms with Gasteiger partial charge in [0.25, 0.3) is 11.8 Å². The molecule has 0 aromatic heterocycles. The third kappa shape index (κ3) is 4.37. The molecule has 3 rings (SSSR count). The second kappa shape index (κ2) is 8.44. The van der Waals surface area contributed by atoms with Crippen LogP contribution in [0.1, 0.15) is 10.4 Å². The lowest BCUT2D eigenvalue weighted by atomic mass is 10.1. The fourth-order valence-electron chi connectivity index (χ4n) is 2.70. The van der Waals surface area contributed by atoms with Crippen molar-refractivity contribution in [3.8, 4) is 5.75 Å². The van der Waals surface area contributed by atoms with E-state index in [0.29, 0.717) is 24.4 Å². The number of nitrogens with zero attached hydrogens (tertiary/aromatic N) is 1. The average Bonchev–Trinajstić information content (AvgIpc) is 2.68. The molecule has 2 N–H and O–H groups in total. The summed E-state index contributed by atoms with van der Waals surface area (Å²) in [5.74, 6) is -0.814. The second-order valence-electron chi connectivity index (χ2n) is 5.86. The number of nitrogens with one attached hydrogen (secondary N) is 2. The Hall–Kier alpha value is -2.93. The van der Waals surface area contributed by atoms with Crippen LogP contribution in [-0.4, -0.2) is 49.5 Å². The van der Waals surface area contributed by atoms with E-state index in [1.807, 2.05) is 0 Å². The molecule has 1 aliphatic rings. The highest BCUT2D eigenvalue weighted by Gasteiger charge is 2.21. The first kappa shape index (κ1) is 17.9. The number of rotatable bonds is 5. The van der Waals surface area contributed by atoms with Gasteiger partial charge < -0.3 is 20.3 Å². The van der Waals surface area contributed by atoms with Gasteiger partial charge in [-0.05, 0) is 24.3 Å². The van der Waals surface area contributed by atoms with Crippen LogP contribution < -0.4 is 15.4 Å². The topological polar surface area (TPSA) is 70.7 Å². The number of amides is 2. The van der Waals surface area contributed by atoms with E-state index >= 15 is 0 Å². The largest absolute Gasteiger partial charge is 0.483 e. The highest BCUT2D eigenvalue weighted by Crippen LogP contribution is 2.20. The zero-order chi connectivity index (χ0) is 18.4. The first-order valence-electron chi connectivity index (χ1n) is 8.41. The Kier molecular flexibility index (Phi) is 5.80. The number of carbonyl (C=O) groups excluding carboxylic acids is 2. The molecule has 1 fully saturated rings. The van der Waals surface area contributed by atoms with Crippen LogP contribution >= 0.6 is 0 Å². The molecule has 0 spiro atoms. The molecular formula is C19H20FN3O3. The Morgan fingerprint density at radius 1 is 1.08 bits per heavy atom. The molecule has 2 aromatic rings. The van der Waals surface area contributed by atoms with Gasteiger partial charge in [0.1, 0.15) is 11.6 Å². The van der Waals surface area contributed by atoms with Gasteiger partial charge in [-0.2, -0.15) is 0 Å². The molecule has 0 atom stereocenters. The van der Waals surface area contributed by atoms with Crippen LogP contribution in [0.25, 0.3) is 0 Å². The van der Waals surface area contributed by atoms with Gasteiger partial charge >= 0.3 is 0 Å². The van der Waals surface area contributed by atoms with Crippen molar-refractivity contribution in [2.75, 3.05) is 38.1 Å². The fourth-order valence-corrected chi connectivity index (χ4v) is 2.70. The van der Waals surface area contributed by atoms with E-state index in [-0.39, 0.29) is 18.2 Å². The number of anilines is 1. The SMILES string of the molecule is O=C(COc1ccccc1C(=O)N1CCNCC1)Nc1ccccc1F. The van der Waals surface area contributed by atoms with E-state index in [4.69, 9.17) is 4.74 Å². The highest BCUT2D eigenvalue weighted by atomic mass is 19.1. The van der Waals surface area contributed by atoms with Gasteiger partial charge in [-0.3, -0.25) is 9.59 Å². The average molecular weight is 357 g/mol. The predicted molar refractivity (Wildman–Crippen MR) is 95.7 cm³/mol. The van der Waals surface area contributed by atoms with Crippen molar-refractivity contribution in [1.82, 2.24) is 10.2 Å². The zero-order valence-corrected chi connectivity index (χ0v) is 14.2. The van der Waals surface area contributed by atoms with Crippen molar-refractivity contribution in [2.45, 2.75) is 0 Å². The Bertz CT molecular complexity index is 791. The number of hydrogen-bond acceptors (Lipinski definition) is 4. The predicted octanol–water partition coefficient (Wildman–Crippen LogP) is 1.89. The molecular weight excluding hydrogens is 337 g/mol. The quantitative estimate of drug-likeness (QED) is 0.857. The number of hydrogen-bond donors (Lipinski definition) is 2. The zero-order valence-electron chi connectivity index (χ0n) is 14.2. The summed E-state index contributed by atoms with van der Waals surface area (Å²) >= 11 is 0. The van der Waals surface area contributed by atoms with Gasteiger partial charge in [0.05, 0.1) is 11.3 Å². The monoisotopic (exact) mass is 357 g/mol. The number of carbonyl (C=O) groups is 2. The summed E-state index contributed by atoms with van der Waals surface area (Å²) in [6.07, 6.45) is 0. The van der Waals surface area contributed by atoms with Gasteiger partial charge in [0.15, 0.2) is 6.61 Å². The van der Waals surface area contributed by atoms with Crippen LogP contribution in [0, 0.1) is 5.82 Å². The van der Waals surface area contributed by atoms with Gasteiger partial charge in [-0.15, -0.1) is 0 Å². The molecule has 7 heteroatoms. The van der Waals surface area contributed by atoms with E-state index in [2.05, 4.69) is 10.6 Å². The number of ether oxygens (including phenoxy) is 1. The van der Waals surface area contributed by atoms with Gasteiger partial charge in [0.2, 0.25) is 0 Å². The standard InChI is InChI=1S/C19H20FN3O3/c20-15-6-2-3-7-16(15)22-18(24)13-26-17-8-4-1-5-14(17)19(25)23-11-9-21-10-12-23/h1-8,21H,9-13H2,(H,22,24). The van der Waals surface area contributed by atoms with Gasteiger partial charge in [0, 0.05) is 26.2 Å². The lowest BCUT2D eigenvalue weighted by Crippen LogP contribution is -2.46. The molecule has 2 amide bonds. The van der Waals surface area contributed by atoms with Crippen LogP contribution in [0.2, 0.25) is 0 Å². The summed E-state index contributed by atoms with van der Waals surface area (Å²) in [5.41, 5.74) is 0.499. The lowest BCUT2D eigenvalue weighted by molar-refractivity contribution is -0.118. The maximum Gasteiger partial charge on any atom is 0.262 e. The van der Waals surface area contributed by atoms with Crippen molar-refractivity contribution in [1.29, 1.82) is 0 Å². The highest BCUT2D eigenvalue weighted by molar-refractivity contribution is 5.97. The van der Waals surface area contributed by atoms with E-state index in [1.165, 1.54) is 12.1 Å². The molecule has 1 heterocycles. The molecule has 0 bridgehead atoms. The molecule has 0 radical (unpaired) electrons. The third-order valence-electron chi connectivity index (χ3n) is 4.03. The normalized spacial score (nSPS) is 14.0. The lowest BCUT2D eigenvalue weighted by Gasteiger charge is -2.28. The summed E-state index contributed by atoms with van der Waals surface area (Å²) in [4.78, 5) is 26.4. The molecule has 1 saturated heterocycles. The minimum Gasteiger partial charge on any atom is -0.483 e. The number of halogens is 1. The van der Waals surface area contributed by atoms with Gasteiger partial charge in [-0.25, -0.2) is 4.39 Å². The summed E-state index contributed by atoms with van der Waals surface area (Å²) in [6, 6.07) is 12.7. The van der Waals surface area contributed by atoms with Crippen LogP contribution in [0.3, 0.4) is 0 Å². The minimum absolute atomic E-state index is 0.0891.